The molecule has 1 heterocycles. The van der Waals surface area contributed by atoms with Crippen LogP contribution in [0.4, 0.5) is 10.5 Å². The van der Waals surface area contributed by atoms with E-state index in [0.717, 1.165) is 0 Å². The molecule has 120 valence electrons. The number of nitro benzene ring substituents is 1. The van der Waals surface area contributed by atoms with E-state index >= 15 is 0 Å². The monoisotopic (exact) mass is 308 g/mol. The maximum absolute atomic E-state index is 12.0. The fourth-order valence-electron chi connectivity index (χ4n) is 2.18. The van der Waals surface area contributed by atoms with Crippen molar-refractivity contribution in [3.8, 4) is 5.75 Å². The topological polar surface area (TPSA) is 81.9 Å². The number of hydrogen-bond acceptors (Lipinski definition) is 5. The van der Waals surface area contributed by atoms with Crippen LogP contribution in [0.25, 0.3) is 0 Å². The first-order valence-corrected chi connectivity index (χ1v) is 7.13. The summed E-state index contributed by atoms with van der Waals surface area (Å²) in [5, 5.41) is 10.7. The molecule has 0 aliphatic carbocycles. The summed E-state index contributed by atoms with van der Waals surface area (Å²) in [5.41, 5.74) is -0.546. The number of amides is 1. The van der Waals surface area contributed by atoms with Gasteiger partial charge in [0.15, 0.2) is 0 Å². The summed E-state index contributed by atoms with van der Waals surface area (Å²) in [7, 11) is 0. The molecule has 1 aromatic rings. The molecule has 0 aromatic heterocycles. The van der Waals surface area contributed by atoms with Gasteiger partial charge in [-0.2, -0.15) is 0 Å². The Morgan fingerprint density at radius 2 is 2.14 bits per heavy atom. The van der Waals surface area contributed by atoms with Crippen LogP contribution in [0.2, 0.25) is 0 Å². The third kappa shape index (κ3) is 4.34. The zero-order valence-corrected chi connectivity index (χ0v) is 12.9. The standard InChI is InChI=1S/C15H20N2O5/c1-15(2,3)22-14(18)16-8-7-13(10-16)21-12-6-4-5-11(9-12)17(19)20/h4-6,9,13H,7-8,10H2,1-3H3/t13-/m0/s1. The molecule has 22 heavy (non-hydrogen) atoms. The highest BCUT2D eigenvalue weighted by Crippen LogP contribution is 2.23. The van der Waals surface area contributed by atoms with Gasteiger partial charge in [-0.15, -0.1) is 0 Å². The Morgan fingerprint density at radius 3 is 2.77 bits per heavy atom. The molecule has 1 amide bonds. The quantitative estimate of drug-likeness (QED) is 0.633. The largest absolute Gasteiger partial charge is 0.488 e. The van der Waals surface area contributed by atoms with E-state index in [9.17, 15) is 14.9 Å². The Kier molecular flexibility index (Phi) is 4.54. The summed E-state index contributed by atoms with van der Waals surface area (Å²) in [5.74, 6) is 0.435. The molecule has 1 saturated heterocycles. The Balaban J connectivity index is 1.92. The van der Waals surface area contributed by atoms with Gasteiger partial charge in [-0.3, -0.25) is 10.1 Å². The highest BCUT2D eigenvalue weighted by atomic mass is 16.6. The molecule has 2 rings (SSSR count). The summed E-state index contributed by atoms with van der Waals surface area (Å²) in [4.78, 5) is 23.8. The van der Waals surface area contributed by atoms with Crippen molar-refractivity contribution in [2.45, 2.75) is 38.9 Å². The first kappa shape index (κ1) is 16.1. The summed E-state index contributed by atoms with van der Waals surface area (Å²) in [6.07, 6.45) is 0.120. The number of ether oxygens (including phenoxy) is 2. The van der Waals surface area contributed by atoms with Gasteiger partial charge in [-0.1, -0.05) is 6.07 Å². The highest BCUT2D eigenvalue weighted by Gasteiger charge is 2.31. The van der Waals surface area contributed by atoms with Crippen LogP contribution in [-0.2, 0) is 4.74 Å². The van der Waals surface area contributed by atoms with E-state index in [-0.39, 0.29) is 17.9 Å². The lowest BCUT2D eigenvalue weighted by Gasteiger charge is -2.24. The van der Waals surface area contributed by atoms with Gasteiger partial charge in [0.1, 0.15) is 17.5 Å². The average molecular weight is 308 g/mol. The van der Waals surface area contributed by atoms with Crippen molar-refractivity contribution in [2.75, 3.05) is 13.1 Å². The van der Waals surface area contributed by atoms with Crippen LogP contribution in [0.15, 0.2) is 24.3 Å². The lowest BCUT2D eigenvalue weighted by atomic mass is 10.2. The summed E-state index contributed by atoms with van der Waals surface area (Å²) >= 11 is 0. The van der Waals surface area contributed by atoms with E-state index in [0.29, 0.717) is 25.3 Å². The predicted octanol–water partition coefficient (Wildman–Crippen LogP) is 2.98. The normalized spacial score (nSPS) is 18.1. The van der Waals surface area contributed by atoms with E-state index in [4.69, 9.17) is 9.47 Å². The van der Waals surface area contributed by atoms with Crippen LogP contribution in [0.1, 0.15) is 27.2 Å². The van der Waals surface area contributed by atoms with E-state index in [2.05, 4.69) is 0 Å². The maximum atomic E-state index is 12.0. The van der Waals surface area contributed by atoms with Crippen molar-refractivity contribution in [3.63, 3.8) is 0 Å². The molecule has 1 aliphatic rings. The minimum absolute atomic E-state index is 0.0144. The Labute approximate surface area is 129 Å². The van der Waals surface area contributed by atoms with Crippen LogP contribution in [0.5, 0.6) is 5.75 Å². The lowest BCUT2D eigenvalue weighted by Crippen LogP contribution is -2.36. The zero-order chi connectivity index (χ0) is 16.3. The Hall–Kier alpha value is -2.31. The van der Waals surface area contributed by atoms with Crippen LogP contribution >= 0.6 is 0 Å². The molecule has 0 spiro atoms. The minimum atomic E-state index is -0.532. The molecule has 0 saturated carbocycles. The first-order valence-electron chi connectivity index (χ1n) is 7.13. The second kappa shape index (κ2) is 6.21. The van der Waals surface area contributed by atoms with Gasteiger partial charge >= 0.3 is 6.09 Å². The molecular formula is C15H20N2O5. The second-order valence-electron chi connectivity index (χ2n) is 6.21. The van der Waals surface area contributed by atoms with Crippen LogP contribution in [-0.4, -0.2) is 40.7 Å². The summed E-state index contributed by atoms with van der Waals surface area (Å²) in [6, 6.07) is 6.04. The Morgan fingerprint density at radius 1 is 1.41 bits per heavy atom. The number of non-ortho nitro benzene ring substituents is 1. The number of carbonyl (C=O) groups excluding carboxylic acids is 1. The van der Waals surface area contributed by atoms with E-state index < -0.39 is 10.5 Å². The van der Waals surface area contributed by atoms with Gasteiger partial charge in [-0.05, 0) is 26.8 Å². The molecule has 1 fully saturated rings. The SMILES string of the molecule is CC(C)(C)OC(=O)N1CC[C@H](Oc2cccc([N+](=O)[O-])c2)C1. The third-order valence-corrected chi connectivity index (χ3v) is 3.13. The van der Waals surface area contributed by atoms with Crippen LogP contribution in [0, 0.1) is 10.1 Å². The maximum Gasteiger partial charge on any atom is 0.410 e. The third-order valence-electron chi connectivity index (χ3n) is 3.13. The predicted molar refractivity (Wildman–Crippen MR) is 79.9 cm³/mol. The smallest absolute Gasteiger partial charge is 0.410 e. The molecule has 0 unspecified atom stereocenters. The number of nitro groups is 1. The van der Waals surface area contributed by atoms with Crippen molar-refractivity contribution >= 4 is 11.8 Å². The van der Waals surface area contributed by atoms with Gasteiger partial charge in [0.25, 0.3) is 5.69 Å². The van der Waals surface area contributed by atoms with E-state index in [1.807, 2.05) is 20.8 Å². The van der Waals surface area contributed by atoms with Crippen molar-refractivity contribution in [1.82, 2.24) is 4.90 Å². The molecule has 1 aromatic carbocycles. The van der Waals surface area contributed by atoms with Gasteiger partial charge in [0.05, 0.1) is 17.5 Å². The van der Waals surface area contributed by atoms with Crippen molar-refractivity contribution < 1.29 is 19.2 Å². The van der Waals surface area contributed by atoms with Crippen molar-refractivity contribution in [1.29, 1.82) is 0 Å². The molecule has 1 aliphatic heterocycles. The number of benzene rings is 1. The van der Waals surface area contributed by atoms with Crippen LogP contribution in [0.3, 0.4) is 0 Å². The molecular weight excluding hydrogens is 288 g/mol. The molecule has 0 radical (unpaired) electrons. The lowest BCUT2D eigenvalue weighted by molar-refractivity contribution is -0.384. The number of hydrogen-bond donors (Lipinski definition) is 0. The molecule has 1 atom stereocenters. The van der Waals surface area contributed by atoms with Gasteiger partial charge in [-0.25, -0.2) is 4.79 Å². The zero-order valence-electron chi connectivity index (χ0n) is 12.9. The van der Waals surface area contributed by atoms with Gasteiger partial charge in [0.2, 0.25) is 0 Å². The van der Waals surface area contributed by atoms with Gasteiger partial charge < -0.3 is 14.4 Å². The second-order valence-corrected chi connectivity index (χ2v) is 6.21. The Bertz CT molecular complexity index is 567. The highest BCUT2D eigenvalue weighted by molar-refractivity contribution is 5.68. The molecule has 0 bridgehead atoms. The van der Waals surface area contributed by atoms with Crippen molar-refractivity contribution in [3.05, 3.63) is 34.4 Å². The fourth-order valence-corrected chi connectivity index (χ4v) is 2.18. The number of likely N-dealkylation sites (tertiary alicyclic amines) is 1. The number of nitrogens with zero attached hydrogens (tertiary/aromatic N) is 2. The van der Waals surface area contributed by atoms with E-state index in [1.165, 1.54) is 12.1 Å². The van der Waals surface area contributed by atoms with Gasteiger partial charge in [0, 0.05) is 19.0 Å². The number of carbonyl (C=O) groups is 1. The first-order chi connectivity index (χ1) is 10.2. The molecule has 7 heteroatoms. The summed E-state index contributed by atoms with van der Waals surface area (Å²) in [6.45, 7) is 6.42. The molecule has 0 N–H and O–H groups in total. The summed E-state index contributed by atoms with van der Waals surface area (Å²) < 4.78 is 11.0. The average Bonchev–Trinajstić information content (AvgIpc) is 2.85. The minimum Gasteiger partial charge on any atom is -0.488 e. The van der Waals surface area contributed by atoms with E-state index in [1.54, 1.807) is 17.0 Å². The number of rotatable bonds is 3. The van der Waals surface area contributed by atoms with Crippen molar-refractivity contribution in [2.24, 2.45) is 0 Å². The molecule has 7 nitrogen and oxygen atoms in total. The fraction of sp³-hybridized carbons (Fsp3) is 0.533. The van der Waals surface area contributed by atoms with Crippen LogP contribution < -0.4 is 4.74 Å².